The number of carbonyl (C=O) groups excluding carboxylic acids is 1. The maximum atomic E-state index is 11.9. The fourth-order valence-corrected chi connectivity index (χ4v) is 3.31. The standard InChI is InChI=1S/C19H28N2O3/c1-13-4-6-15(7-5-13)18-16(3-2-10-24-18)11-20-19(23)21-12-17(22)14-8-9-14/h4-7,14,16-18,22H,2-3,8-12H2,1H3,(H2,20,21,23). The number of rotatable bonds is 6. The molecule has 132 valence electrons. The van der Waals surface area contributed by atoms with Gasteiger partial charge in [0.25, 0.3) is 0 Å². The van der Waals surface area contributed by atoms with Gasteiger partial charge in [0.1, 0.15) is 0 Å². The molecule has 3 rings (SSSR count). The number of carbonyl (C=O) groups is 1. The average molecular weight is 332 g/mol. The number of amides is 2. The lowest BCUT2D eigenvalue weighted by atomic mass is 9.89. The van der Waals surface area contributed by atoms with Gasteiger partial charge in [0.2, 0.25) is 0 Å². The Balaban J connectivity index is 1.48. The Morgan fingerprint density at radius 2 is 2.00 bits per heavy atom. The van der Waals surface area contributed by atoms with Crippen LogP contribution in [0, 0.1) is 18.8 Å². The zero-order chi connectivity index (χ0) is 16.9. The molecule has 0 aromatic heterocycles. The van der Waals surface area contributed by atoms with Crippen LogP contribution >= 0.6 is 0 Å². The van der Waals surface area contributed by atoms with E-state index in [9.17, 15) is 9.90 Å². The normalized spacial score (nSPS) is 25.1. The van der Waals surface area contributed by atoms with Gasteiger partial charge in [-0.25, -0.2) is 4.79 Å². The Morgan fingerprint density at radius 3 is 2.71 bits per heavy atom. The molecule has 2 fully saturated rings. The fraction of sp³-hybridized carbons (Fsp3) is 0.632. The van der Waals surface area contributed by atoms with Crippen LogP contribution in [-0.4, -0.2) is 36.9 Å². The highest BCUT2D eigenvalue weighted by atomic mass is 16.5. The van der Waals surface area contributed by atoms with Gasteiger partial charge in [-0.2, -0.15) is 0 Å². The summed E-state index contributed by atoms with van der Waals surface area (Å²) in [4.78, 5) is 11.9. The van der Waals surface area contributed by atoms with Crippen LogP contribution in [0.3, 0.4) is 0 Å². The number of nitrogens with one attached hydrogen (secondary N) is 2. The molecule has 2 aliphatic rings. The third-order valence-corrected chi connectivity index (χ3v) is 5.01. The largest absolute Gasteiger partial charge is 0.391 e. The lowest BCUT2D eigenvalue weighted by molar-refractivity contribution is -0.0269. The van der Waals surface area contributed by atoms with E-state index in [2.05, 4.69) is 41.8 Å². The number of hydrogen-bond acceptors (Lipinski definition) is 3. The van der Waals surface area contributed by atoms with Crippen molar-refractivity contribution in [3.63, 3.8) is 0 Å². The van der Waals surface area contributed by atoms with Crippen molar-refractivity contribution in [1.29, 1.82) is 0 Å². The summed E-state index contributed by atoms with van der Waals surface area (Å²) in [6.07, 6.45) is 3.84. The topological polar surface area (TPSA) is 70.6 Å². The summed E-state index contributed by atoms with van der Waals surface area (Å²) in [5.41, 5.74) is 2.41. The van der Waals surface area contributed by atoms with Crippen LogP contribution in [0.15, 0.2) is 24.3 Å². The molecule has 1 aliphatic heterocycles. The Bertz CT molecular complexity index is 542. The molecule has 1 aromatic carbocycles. The minimum Gasteiger partial charge on any atom is -0.391 e. The first-order chi connectivity index (χ1) is 11.6. The molecule has 2 amide bonds. The van der Waals surface area contributed by atoms with Crippen LogP contribution in [-0.2, 0) is 4.74 Å². The van der Waals surface area contributed by atoms with E-state index >= 15 is 0 Å². The van der Waals surface area contributed by atoms with Crippen LogP contribution in [0.1, 0.15) is 42.9 Å². The Morgan fingerprint density at radius 1 is 1.25 bits per heavy atom. The van der Waals surface area contributed by atoms with Gasteiger partial charge in [-0.3, -0.25) is 0 Å². The van der Waals surface area contributed by atoms with Gasteiger partial charge in [-0.15, -0.1) is 0 Å². The Hall–Kier alpha value is -1.59. The number of aliphatic hydroxyl groups excluding tert-OH is 1. The van der Waals surface area contributed by atoms with Gasteiger partial charge < -0.3 is 20.5 Å². The summed E-state index contributed by atoms with van der Waals surface area (Å²) in [7, 11) is 0. The predicted octanol–water partition coefficient (Wildman–Crippen LogP) is 2.53. The smallest absolute Gasteiger partial charge is 0.314 e. The van der Waals surface area contributed by atoms with Crippen LogP contribution in [0.5, 0.6) is 0 Å². The number of urea groups is 1. The fourth-order valence-electron chi connectivity index (χ4n) is 3.31. The molecule has 5 heteroatoms. The third kappa shape index (κ3) is 4.71. The second kappa shape index (κ2) is 7.99. The molecule has 0 radical (unpaired) electrons. The average Bonchev–Trinajstić information content (AvgIpc) is 3.44. The maximum absolute atomic E-state index is 11.9. The van der Waals surface area contributed by atoms with Gasteiger partial charge in [0.05, 0.1) is 12.2 Å². The monoisotopic (exact) mass is 332 g/mol. The molecule has 1 aromatic rings. The molecule has 3 unspecified atom stereocenters. The van der Waals surface area contributed by atoms with Crippen molar-refractivity contribution in [2.75, 3.05) is 19.7 Å². The van der Waals surface area contributed by atoms with Crippen molar-refractivity contribution in [2.45, 2.75) is 44.8 Å². The number of benzene rings is 1. The summed E-state index contributed by atoms with van der Waals surface area (Å²) in [5.74, 6) is 0.656. The number of hydrogen-bond donors (Lipinski definition) is 3. The predicted molar refractivity (Wildman–Crippen MR) is 92.7 cm³/mol. The molecule has 3 atom stereocenters. The van der Waals surface area contributed by atoms with E-state index in [1.807, 2.05) is 0 Å². The quantitative estimate of drug-likeness (QED) is 0.750. The first-order valence-corrected chi connectivity index (χ1v) is 9.01. The lowest BCUT2D eigenvalue weighted by Crippen LogP contribution is -2.43. The van der Waals surface area contributed by atoms with E-state index in [0.29, 0.717) is 19.0 Å². The minimum atomic E-state index is -0.408. The number of ether oxygens (including phenoxy) is 1. The van der Waals surface area contributed by atoms with Crippen molar-refractivity contribution < 1.29 is 14.6 Å². The summed E-state index contributed by atoms with van der Waals surface area (Å²) in [6, 6.07) is 8.23. The zero-order valence-electron chi connectivity index (χ0n) is 14.3. The first kappa shape index (κ1) is 17.2. The minimum absolute atomic E-state index is 0.0386. The molecule has 0 spiro atoms. The summed E-state index contributed by atoms with van der Waals surface area (Å²) < 4.78 is 5.98. The van der Waals surface area contributed by atoms with Gasteiger partial charge in [0.15, 0.2) is 0 Å². The molecular weight excluding hydrogens is 304 g/mol. The van der Waals surface area contributed by atoms with Crippen LogP contribution in [0.25, 0.3) is 0 Å². The van der Waals surface area contributed by atoms with Gasteiger partial charge in [-0.1, -0.05) is 29.8 Å². The SMILES string of the molecule is Cc1ccc(C2OCCCC2CNC(=O)NCC(O)C2CC2)cc1. The lowest BCUT2D eigenvalue weighted by Gasteiger charge is -2.32. The third-order valence-electron chi connectivity index (χ3n) is 5.01. The number of aliphatic hydroxyl groups is 1. The van der Waals surface area contributed by atoms with Crippen LogP contribution in [0.4, 0.5) is 4.79 Å². The summed E-state index contributed by atoms with van der Waals surface area (Å²) >= 11 is 0. The molecule has 0 bridgehead atoms. The van der Waals surface area contributed by atoms with E-state index in [1.165, 1.54) is 11.1 Å². The highest BCUT2D eigenvalue weighted by Gasteiger charge is 2.30. The Labute approximate surface area is 143 Å². The first-order valence-electron chi connectivity index (χ1n) is 9.01. The van der Waals surface area contributed by atoms with Gasteiger partial charge in [0, 0.05) is 25.6 Å². The molecule has 1 heterocycles. The molecular formula is C19H28N2O3. The van der Waals surface area contributed by atoms with Crippen molar-refractivity contribution in [2.24, 2.45) is 11.8 Å². The number of aryl methyl sites for hydroxylation is 1. The zero-order valence-corrected chi connectivity index (χ0v) is 14.3. The van der Waals surface area contributed by atoms with Crippen molar-refractivity contribution in [3.05, 3.63) is 35.4 Å². The molecule has 24 heavy (non-hydrogen) atoms. The molecule has 1 saturated carbocycles. The van der Waals surface area contributed by atoms with Crippen molar-refractivity contribution >= 4 is 6.03 Å². The van der Waals surface area contributed by atoms with E-state index in [0.717, 1.165) is 32.3 Å². The van der Waals surface area contributed by atoms with E-state index in [4.69, 9.17) is 4.74 Å². The van der Waals surface area contributed by atoms with Gasteiger partial charge in [-0.05, 0) is 44.1 Å². The van der Waals surface area contributed by atoms with Crippen molar-refractivity contribution in [1.82, 2.24) is 10.6 Å². The molecule has 3 N–H and O–H groups in total. The van der Waals surface area contributed by atoms with Crippen molar-refractivity contribution in [3.8, 4) is 0 Å². The van der Waals surface area contributed by atoms with E-state index in [1.54, 1.807) is 0 Å². The van der Waals surface area contributed by atoms with E-state index in [-0.39, 0.29) is 18.1 Å². The molecule has 5 nitrogen and oxygen atoms in total. The second-order valence-corrected chi connectivity index (χ2v) is 7.10. The summed E-state index contributed by atoms with van der Waals surface area (Å²) in [6.45, 7) is 3.77. The summed E-state index contributed by atoms with van der Waals surface area (Å²) in [5, 5.41) is 15.5. The molecule has 1 aliphatic carbocycles. The Kier molecular flexibility index (Phi) is 5.74. The maximum Gasteiger partial charge on any atom is 0.314 e. The van der Waals surface area contributed by atoms with Crippen LogP contribution < -0.4 is 10.6 Å². The second-order valence-electron chi connectivity index (χ2n) is 7.10. The van der Waals surface area contributed by atoms with Gasteiger partial charge >= 0.3 is 6.03 Å². The highest BCUT2D eigenvalue weighted by molar-refractivity contribution is 5.73. The molecule has 1 saturated heterocycles. The van der Waals surface area contributed by atoms with Crippen LogP contribution in [0.2, 0.25) is 0 Å². The highest BCUT2D eigenvalue weighted by Crippen LogP contribution is 2.33. The van der Waals surface area contributed by atoms with E-state index < -0.39 is 6.10 Å².